The topological polar surface area (TPSA) is 3.24 Å². The molecule has 0 aromatic heterocycles. The van der Waals surface area contributed by atoms with Crippen molar-refractivity contribution in [3.63, 3.8) is 0 Å². The predicted octanol–water partition coefficient (Wildman–Crippen LogP) is 16.2. The zero-order valence-electron chi connectivity index (χ0n) is 33.6. The Kier molecular flexibility index (Phi) is 8.77. The lowest BCUT2D eigenvalue weighted by Gasteiger charge is -2.32. The van der Waals surface area contributed by atoms with Gasteiger partial charge in [0.15, 0.2) is 0 Å². The molecule has 1 heteroatoms. The summed E-state index contributed by atoms with van der Waals surface area (Å²) >= 11 is 0. The second kappa shape index (κ2) is 14.6. The predicted molar refractivity (Wildman–Crippen MR) is 250 cm³/mol. The first-order valence-corrected chi connectivity index (χ1v) is 21.5. The number of hydrogen-bond acceptors (Lipinski definition) is 1. The second-order valence-electron chi connectivity index (χ2n) is 16.7. The second-order valence-corrected chi connectivity index (χ2v) is 16.7. The molecule has 0 aliphatic heterocycles. The zero-order chi connectivity index (χ0) is 39.3. The van der Waals surface area contributed by atoms with Crippen molar-refractivity contribution in [3.8, 4) is 33.4 Å². The number of fused-ring (bicyclic) bond motifs is 5. The van der Waals surface area contributed by atoms with Crippen LogP contribution in [0.2, 0.25) is 0 Å². The molecule has 284 valence electrons. The molecule has 2 aliphatic rings. The highest BCUT2D eigenvalue weighted by Gasteiger charge is 2.42. The lowest BCUT2D eigenvalue weighted by Crippen LogP contribution is -2.22. The van der Waals surface area contributed by atoms with E-state index < -0.39 is 0 Å². The first-order valence-electron chi connectivity index (χ1n) is 21.5. The number of nitrogens with zero attached hydrogens (tertiary/aromatic N) is 1. The van der Waals surface area contributed by atoms with Gasteiger partial charge < -0.3 is 4.90 Å². The first-order chi connectivity index (χ1) is 29.2. The Morgan fingerprint density at radius 3 is 1.73 bits per heavy atom. The Morgan fingerprint density at radius 1 is 0.407 bits per heavy atom. The van der Waals surface area contributed by atoms with Crippen LogP contribution in [0.1, 0.15) is 67.2 Å². The normalized spacial score (nSPS) is 16.2. The highest BCUT2D eigenvalue weighted by atomic mass is 15.1. The Morgan fingerprint density at radius 2 is 0.932 bits per heavy atom. The van der Waals surface area contributed by atoms with E-state index in [0.29, 0.717) is 5.92 Å². The molecule has 0 N–H and O–H groups in total. The van der Waals surface area contributed by atoms with Crippen molar-refractivity contribution in [2.75, 3.05) is 4.90 Å². The van der Waals surface area contributed by atoms with E-state index in [2.05, 4.69) is 212 Å². The van der Waals surface area contributed by atoms with Crippen molar-refractivity contribution in [3.05, 3.63) is 222 Å². The number of anilines is 3. The van der Waals surface area contributed by atoms with Crippen LogP contribution in [0.25, 0.3) is 54.9 Å². The van der Waals surface area contributed by atoms with Crippen molar-refractivity contribution in [2.45, 2.75) is 50.4 Å². The Balaban J connectivity index is 1.19. The van der Waals surface area contributed by atoms with Gasteiger partial charge in [0.2, 0.25) is 0 Å². The Bertz CT molecular complexity index is 3000. The summed E-state index contributed by atoms with van der Waals surface area (Å²) < 4.78 is 0. The molecule has 0 saturated heterocycles. The van der Waals surface area contributed by atoms with Gasteiger partial charge in [0, 0.05) is 21.9 Å². The van der Waals surface area contributed by atoms with Crippen molar-refractivity contribution in [1.82, 2.24) is 0 Å². The summed E-state index contributed by atoms with van der Waals surface area (Å²) in [6.45, 7) is 2.41. The molecule has 0 radical (unpaired) electrons. The number of hydrogen-bond donors (Lipinski definition) is 0. The van der Waals surface area contributed by atoms with Crippen molar-refractivity contribution < 1.29 is 0 Å². The molecular weight excluding hydrogens is 711 g/mol. The van der Waals surface area contributed by atoms with E-state index in [4.69, 9.17) is 0 Å². The van der Waals surface area contributed by atoms with Gasteiger partial charge >= 0.3 is 0 Å². The van der Waals surface area contributed by atoms with E-state index in [1.165, 1.54) is 115 Å². The van der Waals surface area contributed by atoms with E-state index in [1.807, 2.05) is 0 Å². The van der Waals surface area contributed by atoms with Crippen LogP contribution in [0.15, 0.2) is 200 Å². The number of rotatable bonds is 7. The van der Waals surface area contributed by atoms with E-state index in [0.717, 1.165) is 11.4 Å². The minimum Gasteiger partial charge on any atom is -0.309 e. The summed E-state index contributed by atoms with van der Waals surface area (Å²) in [6, 6.07) is 74.9. The molecule has 9 aromatic rings. The highest BCUT2D eigenvalue weighted by molar-refractivity contribution is 6.08. The lowest BCUT2D eigenvalue weighted by atomic mass is 9.74. The van der Waals surface area contributed by atoms with E-state index >= 15 is 0 Å². The molecule has 0 bridgehead atoms. The fourth-order valence-electron chi connectivity index (χ4n) is 10.8. The van der Waals surface area contributed by atoms with Gasteiger partial charge in [0.05, 0.1) is 17.1 Å². The molecular formula is C58H47N. The molecule has 1 saturated carbocycles. The fraction of sp³-hybridized carbons (Fsp3) is 0.138. The average molecular weight is 758 g/mol. The molecule has 0 amide bonds. The molecule has 11 rings (SSSR count). The van der Waals surface area contributed by atoms with Gasteiger partial charge in [-0.05, 0) is 105 Å². The van der Waals surface area contributed by atoms with Crippen LogP contribution in [0, 0.1) is 0 Å². The summed E-state index contributed by atoms with van der Waals surface area (Å²) in [5.41, 5.74) is 16.3. The van der Waals surface area contributed by atoms with Gasteiger partial charge in [-0.3, -0.25) is 0 Å². The number of benzene rings is 9. The summed E-state index contributed by atoms with van der Waals surface area (Å²) in [5.74, 6) is 0.584. The van der Waals surface area contributed by atoms with E-state index in [1.54, 1.807) is 0 Å². The minimum absolute atomic E-state index is 0.287. The highest BCUT2D eigenvalue weighted by Crippen LogP contribution is 2.57. The van der Waals surface area contributed by atoms with Crippen molar-refractivity contribution in [1.29, 1.82) is 0 Å². The first kappa shape index (κ1) is 35.5. The fourth-order valence-corrected chi connectivity index (χ4v) is 10.8. The molecule has 59 heavy (non-hydrogen) atoms. The van der Waals surface area contributed by atoms with Crippen LogP contribution in [0.5, 0.6) is 0 Å². The van der Waals surface area contributed by atoms with Crippen LogP contribution in [-0.4, -0.2) is 0 Å². The molecule has 1 unspecified atom stereocenters. The molecule has 2 aliphatic carbocycles. The van der Waals surface area contributed by atoms with Gasteiger partial charge in [0.25, 0.3) is 0 Å². The molecule has 0 heterocycles. The van der Waals surface area contributed by atoms with Gasteiger partial charge in [-0.15, -0.1) is 0 Å². The summed E-state index contributed by atoms with van der Waals surface area (Å²) in [5, 5.41) is 5.17. The van der Waals surface area contributed by atoms with Gasteiger partial charge in [-0.2, -0.15) is 0 Å². The molecule has 0 spiro atoms. The largest absolute Gasteiger partial charge is 0.309 e. The standard InChI is InChI=1S/C58H47N/c1-58(43-26-6-3-7-27-43)51-35-13-10-31-50(51)57-49(34-19-36-52(57)58)47-30-12-15-38-55(47)59(53-39-18-23-40-22-8-9-28-44(40)53)54-37-14-11-29-46(54)48-33-17-25-42-24-16-32-45(56(42)48)41-20-4-2-5-21-41/h3,6-19,22-39,41H,2,4-5,20-21H2,1H3. The maximum Gasteiger partial charge on any atom is 0.0540 e. The summed E-state index contributed by atoms with van der Waals surface area (Å²) in [7, 11) is 0. The van der Waals surface area contributed by atoms with Crippen LogP contribution < -0.4 is 4.90 Å². The van der Waals surface area contributed by atoms with E-state index in [-0.39, 0.29) is 5.41 Å². The summed E-state index contributed by atoms with van der Waals surface area (Å²) in [4.78, 5) is 2.56. The third kappa shape index (κ3) is 5.75. The smallest absolute Gasteiger partial charge is 0.0540 e. The average Bonchev–Trinajstić information content (AvgIpc) is 3.58. The quantitative estimate of drug-likeness (QED) is 0.156. The van der Waals surface area contributed by atoms with Crippen molar-refractivity contribution in [2.24, 2.45) is 0 Å². The van der Waals surface area contributed by atoms with Crippen LogP contribution in [0.4, 0.5) is 17.1 Å². The Hall–Kier alpha value is -6.70. The number of para-hydroxylation sites is 2. The monoisotopic (exact) mass is 757 g/mol. The molecule has 1 atom stereocenters. The third-order valence-electron chi connectivity index (χ3n) is 13.5. The lowest BCUT2D eigenvalue weighted by molar-refractivity contribution is 0.445. The van der Waals surface area contributed by atoms with Gasteiger partial charge in [-0.1, -0.05) is 201 Å². The van der Waals surface area contributed by atoms with E-state index in [9.17, 15) is 0 Å². The van der Waals surface area contributed by atoms with Gasteiger partial charge in [-0.25, -0.2) is 0 Å². The maximum absolute atomic E-state index is 2.56. The molecule has 1 nitrogen and oxygen atoms in total. The third-order valence-corrected chi connectivity index (χ3v) is 13.5. The SMILES string of the molecule is CC1(c2ccccc2)c2ccccc2-c2c(-c3ccccc3N(c3ccccc3-c3cccc4cccc(C5CCCCC5)c34)c3cccc4ccccc34)cccc21. The Labute approximate surface area is 348 Å². The zero-order valence-corrected chi connectivity index (χ0v) is 33.6. The van der Waals surface area contributed by atoms with Crippen molar-refractivity contribution >= 4 is 38.6 Å². The van der Waals surface area contributed by atoms with Crippen LogP contribution in [0.3, 0.4) is 0 Å². The molecule has 1 fully saturated rings. The summed E-state index contributed by atoms with van der Waals surface area (Å²) in [6.07, 6.45) is 6.49. The minimum atomic E-state index is -0.287. The van der Waals surface area contributed by atoms with Crippen LogP contribution in [-0.2, 0) is 5.41 Å². The van der Waals surface area contributed by atoms with Crippen LogP contribution >= 0.6 is 0 Å². The maximum atomic E-state index is 2.56. The van der Waals surface area contributed by atoms with Gasteiger partial charge in [0.1, 0.15) is 0 Å². The molecule has 9 aromatic carbocycles.